The lowest BCUT2D eigenvalue weighted by molar-refractivity contribution is -0.138. The summed E-state index contributed by atoms with van der Waals surface area (Å²) in [4.78, 5) is 20.9. The molecule has 0 spiro atoms. The zero-order chi connectivity index (χ0) is 21.8. The standard InChI is InChI=1S/C23H15F3N2O3/c24-23(25,26)18-7-5-17(6-8-18)21-20(22(29)31-28-21)12-15-3-9-19(10-4-15)30-14-16-2-1-11-27-13-16/h1-13H,14H2/b20-12-. The zero-order valence-electron chi connectivity index (χ0n) is 16.0. The predicted molar refractivity (Wildman–Crippen MR) is 107 cm³/mol. The van der Waals surface area contributed by atoms with E-state index in [0.29, 0.717) is 23.5 Å². The van der Waals surface area contributed by atoms with Gasteiger partial charge in [0.15, 0.2) is 0 Å². The summed E-state index contributed by atoms with van der Waals surface area (Å²) in [6.45, 7) is 0.366. The van der Waals surface area contributed by atoms with Crippen LogP contribution in [0.5, 0.6) is 5.75 Å². The van der Waals surface area contributed by atoms with Crippen molar-refractivity contribution >= 4 is 17.8 Å². The molecule has 1 aliphatic rings. The molecule has 1 aromatic heterocycles. The molecular weight excluding hydrogens is 409 g/mol. The molecule has 0 saturated heterocycles. The number of pyridine rings is 1. The van der Waals surface area contributed by atoms with Crippen LogP contribution in [0.3, 0.4) is 0 Å². The molecule has 0 N–H and O–H groups in total. The Balaban J connectivity index is 1.50. The fourth-order valence-corrected chi connectivity index (χ4v) is 2.91. The Morgan fingerprint density at radius 1 is 1.00 bits per heavy atom. The third-order valence-electron chi connectivity index (χ3n) is 4.50. The van der Waals surface area contributed by atoms with E-state index < -0.39 is 17.7 Å². The molecule has 0 fully saturated rings. The van der Waals surface area contributed by atoms with Crippen LogP contribution in [0.15, 0.2) is 83.8 Å². The fourth-order valence-electron chi connectivity index (χ4n) is 2.91. The number of aromatic nitrogens is 1. The Morgan fingerprint density at radius 2 is 1.74 bits per heavy atom. The van der Waals surface area contributed by atoms with Crippen LogP contribution in [0.1, 0.15) is 22.3 Å². The molecule has 0 atom stereocenters. The molecule has 5 nitrogen and oxygen atoms in total. The number of alkyl halides is 3. The highest BCUT2D eigenvalue weighted by Gasteiger charge is 2.31. The van der Waals surface area contributed by atoms with Crippen LogP contribution in [0.4, 0.5) is 13.2 Å². The summed E-state index contributed by atoms with van der Waals surface area (Å²) in [6, 6.07) is 15.1. The lowest BCUT2D eigenvalue weighted by Gasteiger charge is -2.08. The van der Waals surface area contributed by atoms with Gasteiger partial charge in [0, 0.05) is 23.5 Å². The van der Waals surface area contributed by atoms with E-state index in [1.54, 1.807) is 42.7 Å². The van der Waals surface area contributed by atoms with Gasteiger partial charge in [-0.3, -0.25) is 4.98 Å². The highest BCUT2D eigenvalue weighted by molar-refractivity contribution is 6.31. The molecule has 8 heteroatoms. The minimum Gasteiger partial charge on any atom is -0.489 e. The van der Waals surface area contributed by atoms with E-state index in [1.165, 1.54) is 12.1 Å². The number of carbonyl (C=O) groups excluding carboxylic acids is 1. The summed E-state index contributed by atoms with van der Waals surface area (Å²) in [6.07, 6.45) is 0.521. The highest BCUT2D eigenvalue weighted by atomic mass is 19.4. The second-order valence-electron chi connectivity index (χ2n) is 6.67. The van der Waals surface area contributed by atoms with Crippen molar-refractivity contribution in [1.29, 1.82) is 0 Å². The largest absolute Gasteiger partial charge is 0.489 e. The Bertz CT molecular complexity index is 1140. The van der Waals surface area contributed by atoms with Gasteiger partial charge >= 0.3 is 12.1 Å². The number of hydrogen-bond acceptors (Lipinski definition) is 5. The van der Waals surface area contributed by atoms with Gasteiger partial charge in [-0.05, 0) is 42.0 Å². The molecule has 2 aromatic carbocycles. The van der Waals surface area contributed by atoms with Gasteiger partial charge < -0.3 is 9.57 Å². The van der Waals surface area contributed by atoms with E-state index in [-0.39, 0.29) is 11.3 Å². The van der Waals surface area contributed by atoms with E-state index in [1.807, 2.05) is 12.1 Å². The van der Waals surface area contributed by atoms with Crippen LogP contribution in [-0.4, -0.2) is 16.7 Å². The Labute approximate surface area is 175 Å². The summed E-state index contributed by atoms with van der Waals surface area (Å²) >= 11 is 0. The molecule has 4 rings (SSSR count). The molecule has 0 unspecified atom stereocenters. The first-order valence-corrected chi connectivity index (χ1v) is 9.21. The molecule has 0 radical (unpaired) electrons. The van der Waals surface area contributed by atoms with Crippen LogP contribution in [-0.2, 0) is 22.4 Å². The number of ether oxygens (including phenoxy) is 1. The summed E-state index contributed by atoms with van der Waals surface area (Å²) in [5, 5.41) is 3.72. The Kier molecular flexibility index (Phi) is 5.53. The topological polar surface area (TPSA) is 60.8 Å². The molecule has 3 aromatic rings. The van der Waals surface area contributed by atoms with E-state index >= 15 is 0 Å². The van der Waals surface area contributed by atoms with Crippen LogP contribution in [0.2, 0.25) is 0 Å². The third-order valence-corrected chi connectivity index (χ3v) is 4.50. The summed E-state index contributed by atoms with van der Waals surface area (Å²) in [5.41, 5.74) is 1.51. The van der Waals surface area contributed by atoms with Crippen LogP contribution < -0.4 is 4.74 Å². The first-order valence-electron chi connectivity index (χ1n) is 9.21. The van der Waals surface area contributed by atoms with Crippen molar-refractivity contribution in [2.75, 3.05) is 0 Å². The van der Waals surface area contributed by atoms with Gasteiger partial charge in [-0.1, -0.05) is 35.5 Å². The Morgan fingerprint density at radius 3 is 2.39 bits per heavy atom. The molecule has 1 aliphatic heterocycles. The highest BCUT2D eigenvalue weighted by Crippen LogP contribution is 2.30. The first-order chi connectivity index (χ1) is 14.9. The molecule has 156 valence electrons. The van der Waals surface area contributed by atoms with Gasteiger partial charge in [0.2, 0.25) is 0 Å². The molecule has 0 saturated carbocycles. The molecule has 0 aliphatic carbocycles. The third kappa shape index (κ3) is 4.80. The van der Waals surface area contributed by atoms with E-state index in [2.05, 4.69) is 10.1 Å². The average molecular weight is 424 g/mol. The van der Waals surface area contributed by atoms with Crippen molar-refractivity contribution in [1.82, 2.24) is 4.98 Å². The summed E-state index contributed by atoms with van der Waals surface area (Å²) < 4.78 is 44.0. The van der Waals surface area contributed by atoms with Crippen molar-refractivity contribution in [2.45, 2.75) is 12.8 Å². The van der Waals surface area contributed by atoms with Crippen LogP contribution in [0.25, 0.3) is 6.08 Å². The number of benzene rings is 2. The minimum atomic E-state index is -4.44. The van der Waals surface area contributed by atoms with Crippen LogP contribution in [0, 0.1) is 0 Å². The smallest absolute Gasteiger partial charge is 0.416 e. The number of hydrogen-bond donors (Lipinski definition) is 0. The maximum Gasteiger partial charge on any atom is 0.416 e. The average Bonchev–Trinajstić information content (AvgIpc) is 3.13. The number of carbonyl (C=O) groups is 1. The first kappa shape index (κ1) is 20.3. The Hall–Kier alpha value is -3.94. The second kappa shape index (κ2) is 8.43. The SMILES string of the molecule is O=C1ON=C(c2ccc(C(F)(F)F)cc2)/C1=C/c1ccc(OCc2cccnc2)cc1. The van der Waals surface area contributed by atoms with E-state index in [9.17, 15) is 18.0 Å². The number of nitrogens with zero attached hydrogens (tertiary/aromatic N) is 2. The normalized spacial score (nSPS) is 15.0. The number of halogens is 3. The van der Waals surface area contributed by atoms with Crippen molar-refractivity contribution in [3.05, 3.63) is 101 Å². The van der Waals surface area contributed by atoms with Gasteiger partial charge in [-0.15, -0.1) is 0 Å². The lowest BCUT2D eigenvalue weighted by atomic mass is 9.99. The van der Waals surface area contributed by atoms with E-state index in [4.69, 9.17) is 9.57 Å². The molecule has 0 bridgehead atoms. The monoisotopic (exact) mass is 424 g/mol. The number of oxime groups is 1. The van der Waals surface area contributed by atoms with Gasteiger partial charge in [-0.2, -0.15) is 13.2 Å². The van der Waals surface area contributed by atoms with Crippen molar-refractivity contribution in [3.8, 4) is 5.75 Å². The van der Waals surface area contributed by atoms with Crippen molar-refractivity contribution in [2.24, 2.45) is 5.16 Å². The van der Waals surface area contributed by atoms with Crippen molar-refractivity contribution in [3.63, 3.8) is 0 Å². The molecule has 0 amide bonds. The van der Waals surface area contributed by atoms with E-state index in [0.717, 1.165) is 17.7 Å². The van der Waals surface area contributed by atoms with Crippen LogP contribution >= 0.6 is 0 Å². The maximum absolute atomic E-state index is 12.8. The maximum atomic E-state index is 12.8. The number of rotatable bonds is 5. The summed E-state index contributed by atoms with van der Waals surface area (Å²) in [5.74, 6) is -0.0385. The van der Waals surface area contributed by atoms with Gasteiger partial charge in [-0.25, -0.2) is 4.79 Å². The van der Waals surface area contributed by atoms with Gasteiger partial charge in [0.05, 0.1) is 11.1 Å². The quantitative estimate of drug-likeness (QED) is 0.426. The zero-order valence-corrected chi connectivity index (χ0v) is 16.0. The predicted octanol–water partition coefficient (Wildman–Crippen LogP) is 5.02. The fraction of sp³-hybridized carbons (Fsp3) is 0.0870. The second-order valence-corrected chi connectivity index (χ2v) is 6.67. The molecule has 31 heavy (non-hydrogen) atoms. The molecule has 2 heterocycles. The minimum absolute atomic E-state index is 0.156. The lowest BCUT2D eigenvalue weighted by Crippen LogP contribution is -2.09. The van der Waals surface area contributed by atoms with Gasteiger partial charge in [0.25, 0.3) is 0 Å². The van der Waals surface area contributed by atoms with Gasteiger partial charge in [0.1, 0.15) is 18.1 Å². The molecular formula is C23H15F3N2O3. The summed E-state index contributed by atoms with van der Waals surface area (Å²) in [7, 11) is 0. The van der Waals surface area contributed by atoms with Crippen molar-refractivity contribution < 1.29 is 27.5 Å².